The molecule has 2 heterocycles. The monoisotopic (exact) mass is 404 g/mol. The second-order valence-corrected chi connectivity index (χ2v) is 6.33. The molecule has 7 heteroatoms. The molecule has 1 aromatic carbocycles. The third kappa shape index (κ3) is 3.46. The molecule has 1 aliphatic heterocycles. The van der Waals surface area contributed by atoms with Gasteiger partial charge < -0.3 is 19.8 Å². The van der Waals surface area contributed by atoms with Gasteiger partial charge in [0.2, 0.25) is 0 Å². The van der Waals surface area contributed by atoms with E-state index >= 15 is 0 Å². The van der Waals surface area contributed by atoms with E-state index in [0.717, 1.165) is 10.0 Å². The number of hydrogen-bond donors (Lipinski definition) is 2. The minimum Gasteiger partial charge on any atom is -0.463 e. The number of allylic oxidation sites excluding steroid dienone is 1. The molecule has 25 heavy (non-hydrogen) atoms. The lowest BCUT2D eigenvalue weighted by atomic mass is 10.0. The summed E-state index contributed by atoms with van der Waals surface area (Å²) in [6, 6.07) is 10.1. The van der Waals surface area contributed by atoms with Crippen molar-refractivity contribution in [2.75, 3.05) is 6.61 Å². The molecule has 2 amide bonds. The Morgan fingerprint density at radius 2 is 2.04 bits per heavy atom. The number of urea groups is 1. The van der Waals surface area contributed by atoms with Crippen LogP contribution in [0, 0.1) is 0 Å². The maximum absolute atomic E-state index is 12.3. The lowest BCUT2D eigenvalue weighted by molar-refractivity contribution is -0.139. The van der Waals surface area contributed by atoms with Crippen molar-refractivity contribution in [2.45, 2.75) is 19.9 Å². The average Bonchev–Trinajstić information content (AvgIpc) is 3.04. The molecule has 0 fully saturated rings. The molecule has 6 nitrogen and oxygen atoms in total. The predicted molar refractivity (Wildman–Crippen MR) is 95.6 cm³/mol. The van der Waals surface area contributed by atoms with Gasteiger partial charge >= 0.3 is 12.0 Å². The van der Waals surface area contributed by atoms with Crippen LogP contribution in [0.5, 0.6) is 0 Å². The van der Waals surface area contributed by atoms with E-state index in [2.05, 4.69) is 26.6 Å². The van der Waals surface area contributed by atoms with Crippen molar-refractivity contribution >= 4 is 27.9 Å². The summed E-state index contributed by atoms with van der Waals surface area (Å²) in [6.07, 6.45) is 0. The molecule has 2 N–H and O–H groups in total. The van der Waals surface area contributed by atoms with E-state index < -0.39 is 18.0 Å². The minimum atomic E-state index is -0.705. The van der Waals surface area contributed by atoms with Crippen LogP contribution in [0.2, 0.25) is 0 Å². The zero-order valence-electron chi connectivity index (χ0n) is 13.8. The van der Waals surface area contributed by atoms with Crippen LogP contribution in [0.25, 0.3) is 11.3 Å². The fraction of sp³-hybridized carbons (Fsp3) is 0.222. The lowest BCUT2D eigenvalue weighted by Gasteiger charge is -2.26. The van der Waals surface area contributed by atoms with Crippen molar-refractivity contribution in [3.05, 3.63) is 57.9 Å². The number of benzene rings is 1. The standard InChI is InChI=1S/C18H17BrN2O4/c1-3-24-17(22)15-10(2)20-18(23)21-16(15)14-9-8-13(25-14)11-6-4-5-7-12(11)19/h4-9,16H,3H2,1-2H3,(H2,20,21,23)/t16-/m0/s1. The molecule has 0 aliphatic carbocycles. The zero-order valence-corrected chi connectivity index (χ0v) is 15.3. The van der Waals surface area contributed by atoms with Crippen LogP contribution in [0.4, 0.5) is 4.79 Å². The molecular weight excluding hydrogens is 388 g/mol. The van der Waals surface area contributed by atoms with Gasteiger partial charge in [0, 0.05) is 15.7 Å². The first-order valence-corrected chi connectivity index (χ1v) is 8.60. The Bertz CT molecular complexity index is 856. The number of nitrogens with one attached hydrogen (secondary N) is 2. The zero-order chi connectivity index (χ0) is 18.0. The van der Waals surface area contributed by atoms with Gasteiger partial charge in [0.05, 0.1) is 12.2 Å². The number of amides is 2. The third-order valence-corrected chi connectivity index (χ3v) is 4.51. The summed E-state index contributed by atoms with van der Waals surface area (Å²) in [5.41, 5.74) is 1.66. The summed E-state index contributed by atoms with van der Waals surface area (Å²) in [5.74, 6) is 0.607. The molecule has 0 saturated carbocycles. The number of esters is 1. The first-order valence-electron chi connectivity index (χ1n) is 7.81. The minimum absolute atomic E-state index is 0.247. The predicted octanol–water partition coefficient (Wildman–Crippen LogP) is 3.90. The summed E-state index contributed by atoms with van der Waals surface area (Å²) in [4.78, 5) is 24.2. The average molecular weight is 405 g/mol. The molecular formula is C18H17BrN2O4. The number of carbonyl (C=O) groups excluding carboxylic acids is 2. The van der Waals surface area contributed by atoms with Crippen LogP contribution < -0.4 is 10.6 Å². The molecule has 2 aromatic rings. The van der Waals surface area contributed by atoms with Gasteiger partial charge in [-0.05, 0) is 32.0 Å². The van der Waals surface area contributed by atoms with Crippen LogP contribution in [0.1, 0.15) is 25.6 Å². The van der Waals surface area contributed by atoms with E-state index in [1.165, 1.54) is 0 Å². The fourth-order valence-corrected chi connectivity index (χ4v) is 3.18. The molecule has 1 aliphatic rings. The Labute approximate surface area is 153 Å². The summed E-state index contributed by atoms with van der Waals surface area (Å²) in [5, 5.41) is 5.31. The Morgan fingerprint density at radius 3 is 2.76 bits per heavy atom. The van der Waals surface area contributed by atoms with Crippen molar-refractivity contribution in [3.63, 3.8) is 0 Å². The normalized spacial score (nSPS) is 17.1. The van der Waals surface area contributed by atoms with E-state index in [9.17, 15) is 9.59 Å². The topological polar surface area (TPSA) is 80.6 Å². The Hall–Kier alpha value is -2.54. The van der Waals surface area contributed by atoms with Gasteiger partial charge in [0.15, 0.2) is 0 Å². The summed E-state index contributed by atoms with van der Waals surface area (Å²) in [6.45, 7) is 3.64. The highest BCUT2D eigenvalue weighted by atomic mass is 79.9. The second-order valence-electron chi connectivity index (χ2n) is 5.47. The van der Waals surface area contributed by atoms with E-state index in [1.807, 2.05) is 30.3 Å². The van der Waals surface area contributed by atoms with Gasteiger partial charge in [-0.25, -0.2) is 9.59 Å². The Morgan fingerprint density at radius 1 is 1.28 bits per heavy atom. The molecule has 0 bridgehead atoms. The van der Waals surface area contributed by atoms with Crippen LogP contribution in [0.3, 0.4) is 0 Å². The Balaban J connectivity index is 1.99. The summed E-state index contributed by atoms with van der Waals surface area (Å²) < 4.78 is 11.9. The maximum atomic E-state index is 12.3. The number of halogens is 1. The SMILES string of the molecule is CCOC(=O)C1=C(C)NC(=O)N[C@H]1c1ccc(-c2ccccc2Br)o1. The van der Waals surface area contributed by atoms with Crippen molar-refractivity contribution < 1.29 is 18.7 Å². The van der Waals surface area contributed by atoms with Crippen molar-refractivity contribution in [2.24, 2.45) is 0 Å². The van der Waals surface area contributed by atoms with E-state index in [1.54, 1.807) is 19.9 Å². The number of furan rings is 1. The number of carbonyl (C=O) groups is 2. The largest absolute Gasteiger partial charge is 0.463 e. The lowest BCUT2D eigenvalue weighted by Crippen LogP contribution is -2.45. The van der Waals surface area contributed by atoms with E-state index in [4.69, 9.17) is 9.15 Å². The van der Waals surface area contributed by atoms with Gasteiger partial charge in [-0.15, -0.1) is 0 Å². The van der Waals surface area contributed by atoms with Crippen LogP contribution in [-0.4, -0.2) is 18.6 Å². The van der Waals surface area contributed by atoms with Crippen molar-refractivity contribution in [1.82, 2.24) is 10.6 Å². The molecule has 0 unspecified atom stereocenters. The van der Waals surface area contributed by atoms with E-state index in [-0.39, 0.29) is 6.61 Å². The molecule has 1 atom stereocenters. The molecule has 0 saturated heterocycles. The van der Waals surface area contributed by atoms with Gasteiger partial charge in [-0.1, -0.05) is 34.1 Å². The van der Waals surface area contributed by atoms with Gasteiger partial charge in [0.25, 0.3) is 0 Å². The number of rotatable bonds is 4. The molecule has 0 radical (unpaired) electrons. The first-order chi connectivity index (χ1) is 12.0. The highest BCUT2D eigenvalue weighted by molar-refractivity contribution is 9.10. The quantitative estimate of drug-likeness (QED) is 0.757. The molecule has 1 aromatic heterocycles. The molecule has 0 spiro atoms. The van der Waals surface area contributed by atoms with Crippen molar-refractivity contribution in [3.8, 4) is 11.3 Å². The van der Waals surface area contributed by atoms with Crippen LogP contribution in [-0.2, 0) is 9.53 Å². The highest BCUT2D eigenvalue weighted by Crippen LogP contribution is 2.34. The van der Waals surface area contributed by atoms with Crippen molar-refractivity contribution in [1.29, 1.82) is 0 Å². The van der Waals surface area contributed by atoms with Gasteiger partial charge in [-0.2, -0.15) is 0 Å². The van der Waals surface area contributed by atoms with Crippen LogP contribution in [0.15, 0.2) is 56.6 Å². The van der Waals surface area contributed by atoms with Gasteiger partial charge in [-0.3, -0.25) is 0 Å². The first kappa shape index (κ1) is 17.3. The summed E-state index contributed by atoms with van der Waals surface area (Å²) >= 11 is 3.49. The van der Waals surface area contributed by atoms with Gasteiger partial charge in [0.1, 0.15) is 17.6 Å². The molecule has 130 valence electrons. The maximum Gasteiger partial charge on any atom is 0.338 e. The second kappa shape index (κ2) is 7.14. The fourth-order valence-electron chi connectivity index (χ4n) is 2.70. The number of hydrogen-bond acceptors (Lipinski definition) is 4. The molecule has 3 rings (SSSR count). The van der Waals surface area contributed by atoms with E-state index in [0.29, 0.717) is 22.8 Å². The third-order valence-electron chi connectivity index (χ3n) is 3.82. The summed E-state index contributed by atoms with van der Waals surface area (Å²) in [7, 11) is 0. The smallest absolute Gasteiger partial charge is 0.338 e. The van der Waals surface area contributed by atoms with Crippen LogP contribution >= 0.6 is 15.9 Å². The highest BCUT2D eigenvalue weighted by Gasteiger charge is 2.34. The Kier molecular flexibility index (Phi) is 4.94. The number of ether oxygens (including phenoxy) is 1.